The summed E-state index contributed by atoms with van der Waals surface area (Å²) in [5.74, 6) is 11.7. The van der Waals surface area contributed by atoms with Gasteiger partial charge < -0.3 is 0 Å². The van der Waals surface area contributed by atoms with E-state index in [-0.39, 0.29) is 5.82 Å². The van der Waals surface area contributed by atoms with Gasteiger partial charge in [-0.1, -0.05) is 59.1 Å². The van der Waals surface area contributed by atoms with Gasteiger partial charge in [0.1, 0.15) is 5.82 Å². The summed E-state index contributed by atoms with van der Waals surface area (Å²) in [6, 6.07) is 18.9. The lowest BCUT2D eigenvalue weighted by Gasteiger charge is -1.99. The number of benzene rings is 3. The molecule has 3 aromatic rings. The molecule has 126 valence electrons. The van der Waals surface area contributed by atoms with E-state index in [0.29, 0.717) is 11.1 Å². The van der Waals surface area contributed by atoms with Crippen LogP contribution >= 0.6 is 0 Å². The van der Waals surface area contributed by atoms with Crippen molar-refractivity contribution in [2.75, 3.05) is 0 Å². The van der Waals surface area contributed by atoms with E-state index in [1.807, 2.05) is 50.2 Å². The van der Waals surface area contributed by atoms with Crippen LogP contribution in [0.25, 0.3) is 0 Å². The Hall–Kier alpha value is -3.29. The monoisotopic (exact) mass is 338 g/mol. The highest BCUT2D eigenvalue weighted by atomic mass is 19.1. The smallest absolute Gasteiger partial charge is 0.140 e. The van der Waals surface area contributed by atoms with Crippen molar-refractivity contribution in [2.45, 2.75) is 20.8 Å². The summed E-state index contributed by atoms with van der Waals surface area (Å²) in [4.78, 5) is 0. The van der Waals surface area contributed by atoms with Crippen molar-refractivity contribution < 1.29 is 4.39 Å². The lowest BCUT2D eigenvalue weighted by Crippen LogP contribution is -1.87. The topological polar surface area (TPSA) is 0 Å². The van der Waals surface area contributed by atoms with E-state index in [1.54, 1.807) is 12.1 Å². The Kier molecular flexibility index (Phi) is 5.21. The first-order valence-corrected chi connectivity index (χ1v) is 8.49. The summed E-state index contributed by atoms with van der Waals surface area (Å²) < 4.78 is 14.3. The zero-order chi connectivity index (χ0) is 18.5. The van der Waals surface area contributed by atoms with Gasteiger partial charge in [-0.3, -0.25) is 0 Å². The third-order valence-electron chi connectivity index (χ3n) is 4.09. The van der Waals surface area contributed by atoms with Crippen molar-refractivity contribution in [1.29, 1.82) is 0 Å². The van der Waals surface area contributed by atoms with Gasteiger partial charge in [-0.25, -0.2) is 4.39 Å². The van der Waals surface area contributed by atoms with Gasteiger partial charge in [-0.05, 0) is 62.7 Å². The molecule has 0 spiro atoms. The van der Waals surface area contributed by atoms with Gasteiger partial charge in [-0.2, -0.15) is 0 Å². The highest BCUT2D eigenvalue weighted by molar-refractivity contribution is 5.50. The number of halogens is 1. The van der Waals surface area contributed by atoms with Crippen molar-refractivity contribution in [3.8, 4) is 23.7 Å². The minimum atomic E-state index is -0.350. The first-order chi connectivity index (χ1) is 12.5. The van der Waals surface area contributed by atoms with E-state index in [9.17, 15) is 4.39 Å². The van der Waals surface area contributed by atoms with E-state index in [2.05, 4.69) is 36.7 Å². The molecule has 0 saturated heterocycles. The molecular weight excluding hydrogens is 319 g/mol. The molecule has 26 heavy (non-hydrogen) atoms. The molecule has 0 fully saturated rings. The molecule has 0 aliphatic heterocycles. The zero-order valence-corrected chi connectivity index (χ0v) is 15.2. The summed E-state index contributed by atoms with van der Waals surface area (Å²) in [6.45, 7) is 6.10. The minimum Gasteiger partial charge on any atom is -0.206 e. The van der Waals surface area contributed by atoms with Crippen LogP contribution in [0, 0.1) is 50.3 Å². The molecule has 0 radical (unpaired) electrons. The third-order valence-corrected chi connectivity index (χ3v) is 4.09. The SMILES string of the molecule is Cc1ccc(C#Cc2ccc(C#Cc3ccc(C)cc3C)cc2F)cc1. The quantitative estimate of drug-likeness (QED) is 0.471. The highest BCUT2D eigenvalue weighted by Gasteiger charge is 2.00. The summed E-state index contributed by atoms with van der Waals surface area (Å²) in [7, 11) is 0. The lowest BCUT2D eigenvalue weighted by atomic mass is 10.1. The van der Waals surface area contributed by atoms with Crippen LogP contribution in [0.15, 0.2) is 60.7 Å². The van der Waals surface area contributed by atoms with E-state index < -0.39 is 0 Å². The van der Waals surface area contributed by atoms with Crippen molar-refractivity contribution >= 4 is 0 Å². The molecule has 0 nitrogen and oxygen atoms in total. The van der Waals surface area contributed by atoms with E-state index in [4.69, 9.17) is 0 Å². The number of aryl methyl sites for hydroxylation is 3. The first-order valence-electron chi connectivity index (χ1n) is 8.49. The second kappa shape index (κ2) is 7.73. The van der Waals surface area contributed by atoms with Crippen molar-refractivity contribution in [3.63, 3.8) is 0 Å². The summed E-state index contributed by atoms with van der Waals surface area (Å²) in [6.07, 6.45) is 0. The van der Waals surface area contributed by atoms with Crippen LogP contribution in [-0.2, 0) is 0 Å². The van der Waals surface area contributed by atoms with Crippen molar-refractivity contribution in [2.24, 2.45) is 0 Å². The molecular formula is C25H19F. The largest absolute Gasteiger partial charge is 0.206 e. The van der Waals surface area contributed by atoms with Crippen molar-refractivity contribution in [1.82, 2.24) is 0 Å². The second-order valence-electron chi connectivity index (χ2n) is 6.38. The standard InChI is InChI=1S/C25H19F/c1-18-4-7-21(8-5-18)9-14-24-15-11-22(17-25(24)26)10-13-23-12-6-19(2)16-20(23)3/h4-8,11-12,15-17H,1-3H3. The molecule has 0 atom stereocenters. The molecule has 0 aliphatic rings. The third kappa shape index (κ3) is 4.41. The zero-order valence-electron chi connectivity index (χ0n) is 15.2. The number of hydrogen-bond donors (Lipinski definition) is 0. The fourth-order valence-corrected chi connectivity index (χ4v) is 2.56. The fourth-order valence-electron chi connectivity index (χ4n) is 2.56. The predicted molar refractivity (Wildman–Crippen MR) is 105 cm³/mol. The molecule has 0 aliphatic carbocycles. The normalized spacial score (nSPS) is 9.69. The molecule has 0 amide bonds. The average Bonchev–Trinajstić information content (AvgIpc) is 2.61. The van der Waals surface area contributed by atoms with Gasteiger partial charge >= 0.3 is 0 Å². The Bertz CT molecular complexity index is 1070. The Labute approximate surface area is 154 Å². The van der Waals surface area contributed by atoms with Crippen LogP contribution in [0.3, 0.4) is 0 Å². The van der Waals surface area contributed by atoms with E-state index >= 15 is 0 Å². The van der Waals surface area contributed by atoms with E-state index in [1.165, 1.54) is 17.2 Å². The van der Waals surface area contributed by atoms with Crippen LogP contribution in [0.2, 0.25) is 0 Å². The molecule has 3 aromatic carbocycles. The second-order valence-corrected chi connectivity index (χ2v) is 6.38. The Morgan fingerprint density at radius 2 is 1.15 bits per heavy atom. The van der Waals surface area contributed by atoms with Crippen LogP contribution in [0.4, 0.5) is 4.39 Å². The van der Waals surface area contributed by atoms with Crippen LogP contribution < -0.4 is 0 Å². The van der Waals surface area contributed by atoms with Crippen molar-refractivity contribution in [3.05, 3.63) is 105 Å². The van der Waals surface area contributed by atoms with Gasteiger partial charge in [0.25, 0.3) is 0 Å². The molecule has 3 rings (SSSR count). The number of hydrogen-bond acceptors (Lipinski definition) is 0. The first kappa shape index (κ1) is 17.5. The molecule has 1 heteroatoms. The maximum Gasteiger partial charge on any atom is 0.140 e. The molecule has 0 bridgehead atoms. The lowest BCUT2D eigenvalue weighted by molar-refractivity contribution is 0.624. The summed E-state index contributed by atoms with van der Waals surface area (Å²) in [5.41, 5.74) is 6.35. The summed E-state index contributed by atoms with van der Waals surface area (Å²) >= 11 is 0. The van der Waals surface area contributed by atoms with Gasteiger partial charge in [0, 0.05) is 16.7 Å². The van der Waals surface area contributed by atoms with Gasteiger partial charge in [-0.15, -0.1) is 0 Å². The minimum absolute atomic E-state index is 0.350. The Morgan fingerprint density at radius 3 is 1.85 bits per heavy atom. The van der Waals surface area contributed by atoms with E-state index in [0.717, 1.165) is 16.7 Å². The maximum absolute atomic E-state index is 14.3. The van der Waals surface area contributed by atoms with Crippen LogP contribution in [-0.4, -0.2) is 0 Å². The van der Waals surface area contributed by atoms with Gasteiger partial charge in [0.05, 0.1) is 5.56 Å². The molecule has 0 saturated carbocycles. The summed E-state index contributed by atoms with van der Waals surface area (Å²) in [5, 5.41) is 0. The average molecular weight is 338 g/mol. The molecule has 0 N–H and O–H groups in total. The highest BCUT2D eigenvalue weighted by Crippen LogP contribution is 2.12. The van der Waals surface area contributed by atoms with Crippen LogP contribution in [0.5, 0.6) is 0 Å². The van der Waals surface area contributed by atoms with Gasteiger partial charge in [0.15, 0.2) is 0 Å². The Balaban J connectivity index is 1.82. The molecule has 0 unspecified atom stereocenters. The fraction of sp³-hybridized carbons (Fsp3) is 0.120. The van der Waals surface area contributed by atoms with Gasteiger partial charge in [0.2, 0.25) is 0 Å². The molecule has 0 heterocycles. The molecule has 0 aromatic heterocycles. The predicted octanol–water partition coefficient (Wildman–Crippen LogP) is 5.55. The maximum atomic E-state index is 14.3. The number of rotatable bonds is 0. The Morgan fingerprint density at radius 1 is 0.577 bits per heavy atom. The van der Waals surface area contributed by atoms with Crippen LogP contribution in [0.1, 0.15) is 38.9 Å².